The summed E-state index contributed by atoms with van der Waals surface area (Å²) in [6.45, 7) is 1.99. The number of carboxylic acid groups (broad SMARTS) is 1. The summed E-state index contributed by atoms with van der Waals surface area (Å²) in [6, 6.07) is 7.22. The topological polar surface area (TPSA) is 76.5 Å². The molecule has 0 amide bonds. The number of anilines is 1. The molecule has 0 saturated carbocycles. The minimum Gasteiger partial charge on any atom is -0.478 e. The number of aromatic carboxylic acids is 1. The fraction of sp³-hybridized carbons (Fsp3) is 0.154. The van der Waals surface area contributed by atoms with E-state index in [4.69, 9.17) is 15.3 Å². The molecule has 0 aliphatic rings. The Morgan fingerprint density at radius 1 is 1.44 bits per heavy atom. The van der Waals surface area contributed by atoms with Gasteiger partial charge in [-0.05, 0) is 30.7 Å². The third kappa shape index (κ3) is 2.68. The third-order valence-corrected chi connectivity index (χ3v) is 3.57. The van der Waals surface area contributed by atoms with Gasteiger partial charge >= 0.3 is 5.97 Å². The molecule has 4 nitrogen and oxygen atoms in total. The zero-order valence-corrected chi connectivity index (χ0v) is 10.7. The molecular formula is C13H13NO3S. The SMILES string of the molecule is Cc1ccc(N)c(SCc2occc2C(=O)O)c1. The Hall–Kier alpha value is -1.88. The van der Waals surface area contributed by atoms with Gasteiger partial charge in [-0.25, -0.2) is 4.79 Å². The minimum absolute atomic E-state index is 0.203. The molecule has 1 aromatic carbocycles. The molecule has 0 saturated heterocycles. The van der Waals surface area contributed by atoms with Gasteiger partial charge in [-0.2, -0.15) is 0 Å². The van der Waals surface area contributed by atoms with E-state index in [1.54, 1.807) is 0 Å². The van der Waals surface area contributed by atoms with Crippen molar-refractivity contribution in [3.05, 3.63) is 47.4 Å². The quantitative estimate of drug-likeness (QED) is 0.654. The molecule has 0 fully saturated rings. The average Bonchev–Trinajstić information content (AvgIpc) is 2.79. The molecule has 1 aromatic heterocycles. The van der Waals surface area contributed by atoms with Crippen LogP contribution in [0.5, 0.6) is 0 Å². The van der Waals surface area contributed by atoms with E-state index in [0.717, 1.165) is 10.5 Å². The Morgan fingerprint density at radius 2 is 2.22 bits per heavy atom. The molecule has 94 valence electrons. The van der Waals surface area contributed by atoms with E-state index in [2.05, 4.69) is 0 Å². The number of nitrogen functional groups attached to an aromatic ring is 1. The van der Waals surface area contributed by atoms with Crippen LogP contribution in [0.4, 0.5) is 5.69 Å². The summed E-state index contributed by atoms with van der Waals surface area (Å²) in [5.41, 5.74) is 7.87. The molecule has 2 aromatic rings. The fourth-order valence-electron chi connectivity index (χ4n) is 1.55. The van der Waals surface area contributed by atoms with Gasteiger partial charge in [-0.1, -0.05) is 6.07 Å². The summed E-state index contributed by atoms with van der Waals surface area (Å²) in [5, 5.41) is 8.96. The smallest absolute Gasteiger partial charge is 0.339 e. The molecule has 0 unspecified atom stereocenters. The highest BCUT2D eigenvalue weighted by Gasteiger charge is 2.13. The number of rotatable bonds is 4. The number of hydrogen-bond acceptors (Lipinski definition) is 4. The Kier molecular flexibility index (Phi) is 3.62. The number of carbonyl (C=O) groups is 1. The van der Waals surface area contributed by atoms with Crippen molar-refractivity contribution in [2.75, 3.05) is 5.73 Å². The molecular weight excluding hydrogens is 250 g/mol. The Labute approximate surface area is 109 Å². The predicted octanol–water partition coefficient (Wildman–Crippen LogP) is 3.16. The van der Waals surface area contributed by atoms with Gasteiger partial charge in [-0.3, -0.25) is 0 Å². The first-order valence-electron chi connectivity index (χ1n) is 5.36. The zero-order chi connectivity index (χ0) is 13.1. The van der Waals surface area contributed by atoms with Crippen LogP contribution in [0, 0.1) is 6.92 Å². The molecule has 0 aliphatic heterocycles. The van der Waals surface area contributed by atoms with Gasteiger partial charge in [0.2, 0.25) is 0 Å². The molecule has 1 heterocycles. The van der Waals surface area contributed by atoms with Crippen LogP contribution in [0.1, 0.15) is 21.7 Å². The normalized spacial score (nSPS) is 10.5. The lowest BCUT2D eigenvalue weighted by Crippen LogP contribution is -1.98. The van der Waals surface area contributed by atoms with Crippen molar-refractivity contribution in [1.29, 1.82) is 0 Å². The van der Waals surface area contributed by atoms with Crippen molar-refractivity contribution in [3.8, 4) is 0 Å². The molecule has 3 N–H and O–H groups in total. The lowest BCUT2D eigenvalue weighted by Gasteiger charge is -2.05. The average molecular weight is 263 g/mol. The summed E-state index contributed by atoms with van der Waals surface area (Å²) >= 11 is 1.47. The maximum absolute atomic E-state index is 10.9. The molecule has 5 heteroatoms. The second-order valence-electron chi connectivity index (χ2n) is 3.89. The first kappa shape index (κ1) is 12.6. The predicted molar refractivity (Wildman–Crippen MR) is 70.8 cm³/mol. The first-order chi connectivity index (χ1) is 8.58. The van der Waals surface area contributed by atoms with Crippen LogP contribution in [0.3, 0.4) is 0 Å². The summed E-state index contributed by atoms with van der Waals surface area (Å²) in [5.74, 6) is -0.0765. The summed E-state index contributed by atoms with van der Waals surface area (Å²) < 4.78 is 5.18. The monoisotopic (exact) mass is 263 g/mol. The zero-order valence-electron chi connectivity index (χ0n) is 9.84. The van der Waals surface area contributed by atoms with E-state index in [0.29, 0.717) is 17.2 Å². The largest absolute Gasteiger partial charge is 0.478 e. The van der Waals surface area contributed by atoms with Crippen LogP contribution < -0.4 is 5.73 Å². The summed E-state index contributed by atoms with van der Waals surface area (Å²) in [7, 11) is 0. The number of hydrogen-bond donors (Lipinski definition) is 2. The molecule has 0 bridgehead atoms. The van der Waals surface area contributed by atoms with Crippen LogP contribution in [-0.2, 0) is 5.75 Å². The van der Waals surface area contributed by atoms with E-state index in [9.17, 15) is 4.79 Å². The number of aryl methyl sites for hydroxylation is 1. The Morgan fingerprint density at radius 3 is 2.94 bits per heavy atom. The number of carboxylic acids is 1. The van der Waals surface area contributed by atoms with Crippen LogP contribution in [0.2, 0.25) is 0 Å². The lowest BCUT2D eigenvalue weighted by molar-refractivity contribution is 0.0695. The van der Waals surface area contributed by atoms with E-state index in [-0.39, 0.29) is 5.56 Å². The number of nitrogens with two attached hydrogens (primary N) is 1. The van der Waals surface area contributed by atoms with Crippen molar-refractivity contribution in [1.82, 2.24) is 0 Å². The number of benzene rings is 1. The lowest BCUT2D eigenvalue weighted by atomic mass is 10.2. The highest BCUT2D eigenvalue weighted by Crippen LogP contribution is 2.30. The summed E-state index contributed by atoms with van der Waals surface area (Å²) in [4.78, 5) is 11.9. The van der Waals surface area contributed by atoms with E-state index >= 15 is 0 Å². The number of thioether (sulfide) groups is 1. The van der Waals surface area contributed by atoms with Crippen molar-refractivity contribution in [3.63, 3.8) is 0 Å². The standard InChI is InChI=1S/C13H13NO3S/c1-8-2-3-10(14)12(6-8)18-7-11-9(13(15)16)4-5-17-11/h2-6H,7,14H2,1H3,(H,15,16). The van der Waals surface area contributed by atoms with Gasteiger partial charge in [0.15, 0.2) is 0 Å². The maximum Gasteiger partial charge on any atom is 0.339 e. The van der Waals surface area contributed by atoms with Crippen LogP contribution in [0.25, 0.3) is 0 Å². The summed E-state index contributed by atoms with van der Waals surface area (Å²) in [6.07, 6.45) is 1.39. The van der Waals surface area contributed by atoms with Gasteiger partial charge < -0.3 is 15.3 Å². The fourth-order valence-corrected chi connectivity index (χ4v) is 2.57. The minimum atomic E-state index is -0.975. The van der Waals surface area contributed by atoms with Gasteiger partial charge in [-0.15, -0.1) is 11.8 Å². The van der Waals surface area contributed by atoms with Gasteiger partial charge in [0.1, 0.15) is 11.3 Å². The van der Waals surface area contributed by atoms with E-state index in [1.165, 1.54) is 24.1 Å². The third-order valence-electron chi connectivity index (χ3n) is 2.50. The Balaban J connectivity index is 2.14. The van der Waals surface area contributed by atoms with Crippen molar-refractivity contribution in [2.24, 2.45) is 0 Å². The molecule has 0 aliphatic carbocycles. The number of furan rings is 1. The van der Waals surface area contributed by atoms with Crippen LogP contribution in [0.15, 0.2) is 39.8 Å². The second-order valence-corrected chi connectivity index (χ2v) is 4.91. The Bertz CT molecular complexity index is 577. The second kappa shape index (κ2) is 5.18. The highest BCUT2D eigenvalue weighted by molar-refractivity contribution is 7.98. The first-order valence-corrected chi connectivity index (χ1v) is 6.35. The molecule has 0 atom stereocenters. The van der Waals surface area contributed by atoms with Gasteiger partial charge in [0, 0.05) is 10.6 Å². The van der Waals surface area contributed by atoms with E-state index < -0.39 is 5.97 Å². The van der Waals surface area contributed by atoms with Crippen molar-refractivity contribution >= 4 is 23.4 Å². The van der Waals surface area contributed by atoms with E-state index in [1.807, 2.05) is 25.1 Å². The molecule has 2 rings (SSSR count). The molecule has 18 heavy (non-hydrogen) atoms. The van der Waals surface area contributed by atoms with Crippen LogP contribution >= 0.6 is 11.8 Å². The molecule has 0 radical (unpaired) electrons. The highest BCUT2D eigenvalue weighted by atomic mass is 32.2. The van der Waals surface area contributed by atoms with Gasteiger partial charge in [0.05, 0.1) is 12.0 Å². The van der Waals surface area contributed by atoms with Crippen molar-refractivity contribution in [2.45, 2.75) is 17.6 Å². The van der Waals surface area contributed by atoms with Crippen LogP contribution in [-0.4, -0.2) is 11.1 Å². The molecule has 0 spiro atoms. The van der Waals surface area contributed by atoms with Gasteiger partial charge in [0.25, 0.3) is 0 Å². The van der Waals surface area contributed by atoms with Crippen molar-refractivity contribution < 1.29 is 14.3 Å². The maximum atomic E-state index is 10.9.